The van der Waals surface area contributed by atoms with E-state index in [1.807, 2.05) is 0 Å². The minimum absolute atomic E-state index is 0.0815. The van der Waals surface area contributed by atoms with Crippen molar-refractivity contribution in [3.05, 3.63) is 39.4 Å². The summed E-state index contributed by atoms with van der Waals surface area (Å²) >= 11 is 0. The smallest absolute Gasteiger partial charge is 0.334 e. The summed E-state index contributed by atoms with van der Waals surface area (Å²) in [5.41, 5.74) is 0.617. The van der Waals surface area contributed by atoms with E-state index in [4.69, 9.17) is 9.84 Å². The van der Waals surface area contributed by atoms with Gasteiger partial charge in [-0.05, 0) is 19.4 Å². The number of morpholine rings is 1. The molecule has 1 aromatic rings. The number of aliphatic carboxylic acids is 1. The van der Waals surface area contributed by atoms with Gasteiger partial charge in [0.15, 0.2) is 6.10 Å². The van der Waals surface area contributed by atoms with Crippen molar-refractivity contribution in [3.8, 4) is 0 Å². The van der Waals surface area contributed by atoms with Crippen molar-refractivity contribution in [2.75, 3.05) is 13.1 Å². The summed E-state index contributed by atoms with van der Waals surface area (Å²) in [6.07, 6.45) is -1.02. The minimum atomic E-state index is -1.14. The van der Waals surface area contributed by atoms with Crippen LogP contribution in [0.5, 0.6) is 0 Å². The van der Waals surface area contributed by atoms with Crippen LogP contribution in [-0.4, -0.2) is 52.1 Å². The van der Waals surface area contributed by atoms with Gasteiger partial charge in [-0.25, -0.2) is 4.79 Å². The molecule has 0 spiro atoms. The number of nitro groups is 1. The monoisotopic (exact) mass is 322 g/mol. The lowest BCUT2D eigenvalue weighted by molar-refractivity contribution is -0.385. The standard InChI is InChI=1S/C15H18N2O6/c1-3-10-4-5-11(6-12(10)17(21)22)14(18)16-7-9(2)23-13(8-16)15(19)20/h4-6,9,13H,3,7-8H2,1-2H3,(H,19,20)/t9-,13?/m1/s1. The molecule has 8 nitrogen and oxygen atoms in total. The molecule has 1 heterocycles. The number of carbonyl (C=O) groups excluding carboxylic acids is 1. The van der Waals surface area contributed by atoms with Crippen molar-refractivity contribution in [2.24, 2.45) is 0 Å². The van der Waals surface area contributed by atoms with E-state index < -0.39 is 29.0 Å². The Hall–Kier alpha value is -2.48. The zero-order valence-corrected chi connectivity index (χ0v) is 12.9. The van der Waals surface area contributed by atoms with E-state index in [1.165, 1.54) is 17.0 Å². The van der Waals surface area contributed by atoms with Crippen LogP contribution >= 0.6 is 0 Å². The van der Waals surface area contributed by atoms with Gasteiger partial charge >= 0.3 is 5.97 Å². The molecule has 1 aliphatic heterocycles. The maximum absolute atomic E-state index is 12.5. The number of benzene rings is 1. The molecule has 1 saturated heterocycles. The first kappa shape index (κ1) is 16.9. The van der Waals surface area contributed by atoms with Crippen LogP contribution in [0.25, 0.3) is 0 Å². The van der Waals surface area contributed by atoms with Crippen molar-refractivity contribution < 1.29 is 24.4 Å². The fourth-order valence-corrected chi connectivity index (χ4v) is 2.60. The molecule has 0 aromatic heterocycles. The number of hydrogen-bond acceptors (Lipinski definition) is 5. The lowest BCUT2D eigenvalue weighted by atomic mass is 10.1. The van der Waals surface area contributed by atoms with Gasteiger partial charge in [-0.1, -0.05) is 13.0 Å². The highest BCUT2D eigenvalue weighted by Crippen LogP contribution is 2.23. The molecule has 2 atom stereocenters. The van der Waals surface area contributed by atoms with Crippen molar-refractivity contribution in [2.45, 2.75) is 32.5 Å². The quantitative estimate of drug-likeness (QED) is 0.664. The van der Waals surface area contributed by atoms with Gasteiger partial charge in [0.05, 0.1) is 17.6 Å². The molecule has 0 aliphatic carbocycles. The van der Waals surface area contributed by atoms with Crippen LogP contribution in [-0.2, 0) is 16.0 Å². The lowest BCUT2D eigenvalue weighted by Crippen LogP contribution is -2.51. The van der Waals surface area contributed by atoms with Crippen LogP contribution in [0, 0.1) is 10.1 Å². The molecule has 1 aliphatic rings. The summed E-state index contributed by atoms with van der Waals surface area (Å²) in [4.78, 5) is 35.6. The second-order valence-electron chi connectivity index (χ2n) is 5.44. The third-order valence-electron chi connectivity index (χ3n) is 3.73. The molecule has 1 amide bonds. The van der Waals surface area contributed by atoms with Crippen LogP contribution in [0.2, 0.25) is 0 Å². The highest BCUT2D eigenvalue weighted by atomic mass is 16.6. The Morgan fingerprint density at radius 2 is 2.13 bits per heavy atom. The SMILES string of the molecule is CCc1ccc(C(=O)N2CC(C(=O)O)O[C@H](C)C2)cc1[N+](=O)[O-]. The Morgan fingerprint density at radius 1 is 1.43 bits per heavy atom. The first-order valence-corrected chi connectivity index (χ1v) is 7.28. The predicted molar refractivity (Wildman–Crippen MR) is 80.3 cm³/mol. The number of rotatable bonds is 4. The summed E-state index contributed by atoms with van der Waals surface area (Å²) in [5.74, 6) is -1.57. The number of ether oxygens (including phenoxy) is 1. The molecule has 0 saturated carbocycles. The van der Waals surface area contributed by atoms with Gasteiger partial charge in [-0.2, -0.15) is 0 Å². The van der Waals surface area contributed by atoms with E-state index >= 15 is 0 Å². The molecule has 23 heavy (non-hydrogen) atoms. The Balaban J connectivity index is 2.27. The Morgan fingerprint density at radius 3 is 2.70 bits per heavy atom. The number of amides is 1. The van der Waals surface area contributed by atoms with Gasteiger partial charge in [-0.3, -0.25) is 14.9 Å². The number of carbonyl (C=O) groups is 2. The van der Waals surface area contributed by atoms with Gasteiger partial charge in [0.1, 0.15) is 0 Å². The van der Waals surface area contributed by atoms with Crippen LogP contribution in [0.3, 0.4) is 0 Å². The van der Waals surface area contributed by atoms with Crippen LogP contribution in [0.1, 0.15) is 29.8 Å². The van der Waals surface area contributed by atoms with E-state index in [1.54, 1.807) is 19.9 Å². The summed E-state index contributed by atoms with van der Waals surface area (Å²) in [6, 6.07) is 4.34. The van der Waals surface area contributed by atoms with Crippen LogP contribution in [0.15, 0.2) is 18.2 Å². The lowest BCUT2D eigenvalue weighted by Gasteiger charge is -2.35. The van der Waals surface area contributed by atoms with E-state index in [0.717, 1.165) is 0 Å². The molecule has 2 rings (SSSR count). The number of nitro benzene ring substituents is 1. The first-order valence-electron chi connectivity index (χ1n) is 7.28. The highest BCUT2D eigenvalue weighted by Gasteiger charge is 2.33. The molecule has 124 valence electrons. The number of aryl methyl sites for hydroxylation is 1. The zero-order chi connectivity index (χ0) is 17.1. The van der Waals surface area contributed by atoms with Gasteiger partial charge in [-0.15, -0.1) is 0 Å². The third kappa shape index (κ3) is 3.65. The minimum Gasteiger partial charge on any atom is -0.479 e. The van der Waals surface area contributed by atoms with Crippen LogP contribution < -0.4 is 0 Å². The molecule has 1 aromatic carbocycles. The molecule has 1 unspecified atom stereocenters. The largest absolute Gasteiger partial charge is 0.479 e. The highest BCUT2D eigenvalue weighted by molar-refractivity contribution is 5.95. The second-order valence-corrected chi connectivity index (χ2v) is 5.44. The van der Waals surface area contributed by atoms with E-state index in [2.05, 4.69) is 0 Å². The predicted octanol–water partition coefficient (Wildman–Crippen LogP) is 1.47. The summed E-state index contributed by atoms with van der Waals surface area (Å²) in [6.45, 7) is 3.64. The number of hydrogen-bond donors (Lipinski definition) is 1. The van der Waals surface area contributed by atoms with Gasteiger partial charge in [0.25, 0.3) is 11.6 Å². The average Bonchev–Trinajstić information content (AvgIpc) is 2.52. The molecule has 1 fully saturated rings. The third-order valence-corrected chi connectivity index (χ3v) is 3.73. The molecule has 0 bridgehead atoms. The van der Waals surface area contributed by atoms with Crippen molar-refractivity contribution >= 4 is 17.6 Å². The normalized spacial score (nSPS) is 21.0. The fourth-order valence-electron chi connectivity index (χ4n) is 2.60. The fraction of sp³-hybridized carbons (Fsp3) is 0.467. The second kappa shape index (κ2) is 6.74. The maximum atomic E-state index is 12.5. The molecule has 1 N–H and O–H groups in total. The van der Waals surface area contributed by atoms with Gasteiger partial charge in [0.2, 0.25) is 0 Å². The summed E-state index contributed by atoms with van der Waals surface area (Å²) in [7, 11) is 0. The Bertz CT molecular complexity index is 645. The average molecular weight is 322 g/mol. The van der Waals surface area contributed by atoms with E-state index in [0.29, 0.717) is 12.0 Å². The van der Waals surface area contributed by atoms with Gasteiger partial charge < -0.3 is 14.7 Å². The molecular formula is C15H18N2O6. The van der Waals surface area contributed by atoms with Crippen molar-refractivity contribution in [1.82, 2.24) is 4.90 Å². The Kier molecular flexibility index (Phi) is 4.95. The van der Waals surface area contributed by atoms with Gasteiger partial charge in [0, 0.05) is 23.7 Å². The summed E-state index contributed by atoms with van der Waals surface area (Å²) < 4.78 is 5.26. The summed E-state index contributed by atoms with van der Waals surface area (Å²) in [5, 5.41) is 20.2. The number of carboxylic acids is 1. The van der Waals surface area contributed by atoms with Crippen LogP contribution in [0.4, 0.5) is 5.69 Å². The number of carboxylic acid groups (broad SMARTS) is 1. The molecular weight excluding hydrogens is 304 g/mol. The zero-order valence-electron chi connectivity index (χ0n) is 12.9. The van der Waals surface area contributed by atoms with Crippen molar-refractivity contribution in [3.63, 3.8) is 0 Å². The molecule has 0 radical (unpaired) electrons. The van der Waals surface area contributed by atoms with Crippen molar-refractivity contribution in [1.29, 1.82) is 0 Å². The van der Waals surface area contributed by atoms with E-state index in [9.17, 15) is 19.7 Å². The van der Waals surface area contributed by atoms with E-state index in [-0.39, 0.29) is 24.3 Å². The maximum Gasteiger partial charge on any atom is 0.334 e. The first-order chi connectivity index (χ1) is 10.8. The number of nitrogens with zero attached hydrogens (tertiary/aromatic N) is 2. The Labute approximate surface area is 132 Å². The topological polar surface area (TPSA) is 110 Å². The molecule has 8 heteroatoms.